The van der Waals surface area contributed by atoms with Crippen molar-refractivity contribution >= 4 is 6.09 Å². The molecule has 1 amide bonds. The number of methoxy groups -OCH3 is 2. The zero-order valence-electron chi connectivity index (χ0n) is 15.1. The molecule has 8 nitrogen and oxygen atoms in total. The molecule has 2 unspecified atom stereocenters. The number of hydrogen-bond acceptors (Lipinski definition) is 7. The molecular weight excluding hydrogens is 354 g/mol. The van der Waals surface area contributed by atoms with Crippen LogP contribution in [0.1, 0.15) is 17.2 Å². The molecule has 0 bridgehead atoms. The summed E-state index contributed by atoms with van der Waals surface area (Å²) in [5.41, 5.74) is 1.09. The van der Waals surface area contributed by atoms with Crippen molar-refractivity contribution in [3.8, 4) is 17.2 Å². The van der Waals surface area contributed by atoms with Crippen LogP contribution in [0.4, 0.5) is 4.79 Å². The second kappa shape index (κ2) is 9.65. The number of carbonyl (C=O) groups excluding carboxylic acids is 1. The molecular formula is C19H23NO7. The van der Waals surface area contributed by atoms with Gasteiger partial charge >= 0.3 is 6.09 Å². The number of amides is 1. The maximum atomic E-state index is 11.7. The van der Waals surface area contributed by atoms with Gasteiger partial charge in [-0.05, 0) is 23.3 Å². The predicted octanol–water partition coefficient (Wildman–Crippen LogP) is 1.73. The highest BCUT2D eigenvalue weighted by atomic mass is 16.5. The Morgan fingerprint density at radius 1 is 1.07 bits per heavy atom. The van der Waals surface area contributed by atoms with Gasteiger partial charge in [0, 0.05) is 6.54 Å². The zero-order valence-corrected chi connectivity index (χ0v) is 15.1. The number of aromatic hydroxyl groups is 1. The molecule has 0 spiro atoms. The maximum Gasteiger partial charge on any atom is 0.407 e. The van der Waals surface area contributed by atoms with Crippen LogP contribution in [-0.4, -0.2) is 48.3 Å². The Labute approximate surface area is 156 Å². The van der Waals surface area contributed by atoms with Crippen LogP contribution in [0.5, 0.6) is 17.2 Å². The van der Waals surface area contributed by atoms with Crippen molar-refractivity contribution in [2.45, 2.75) is 18.8 Å². The number of nitrogens with one attached hydrogen (secondary N) is 1. The van der Waals surface area contributed by atoms with Crippen molar-refractivity contribution in [2.75, 3.05) is 20.8 Å². The van der Waals surface area contributed by atoms with Crippen LogP contribution in [0.25, 0.3) is 0 Å². The average Bonchev–Trinajstić information content (AvgIpc) is 2.70. The number of aliphatic hydroxyl groups excluding tert-OH is 2. The molecule has 2 rings (SSSR count). The van der Waals surface area contributed by atoms with Crippen LogP contribution in [0.3, 0.4) is 0 Å². The highest BCUT2D eigenvalue weighted by molar-refractivity contribution is 5.67. The fourth-order valence-corrected chi connectivity index (χ4v) is 2.38. The first-order valence-corrected chi connectivity index (χ1v) is 8.21. The number of phenols is 1. The minimum Gasteiger partial charge on any atom is -0.502 e. The normalized spacial score (nSPS) is 12.7. The molecule has 2 aromatic carbocycles. The van der Waals surface area contributed by atoms with Crippen molar-refractivity contribution in [3.63, 3.8) is 0 Å². The number of benzene rings is 2. The highest BCUT2D eigenvalue weighted by Crippen LogP contribution is 2.39. The number of rotatable bonds is 8. The summed E-state index contributed by atoms with van der Waals surface area (Å²) >= 11 is 0. The van der Waals surface area contributed by atoms with Crippen molar-refractivity contribution in [3.05, 3.63) is 53.6 Å². The van der Waals surface area contributed by atoms with Gasteiger partial charge in [-0.25, -0.2) is 4.79 Å². The van der Waals surface area contributed by atoms with E-state index in [4.69, 9.17) is 14.2 Å². The molecule has 2 aromatic rings. The van der Waals surface area contributed by atoms with E-state index in [0.717, 1.165) is 5.56 Å². The van der Waals surface area contributed by atoms with E-state index in [1.807, 2.05) is 30.3 Å². The lowest BCUT2D eigenvalue weighted by molar-refractivity contribution is 0.0181. The van der Waals surface area contributed by atoms with E-state index in [9.17, 15) is 20.1 Å². The second-order valence-electron chi connectivity index (χ2n) is 5.73. The van der Waals surface area contributed by atoms with Crippen molar-refractivity contribution in [1.82, 2.24) is 5.32 Å². The monoisotopic (exact) mass is 377 g/mol. The van der Waals surface area contributed by atoms with Crippen LogP contribution in [0.15, 0.2) is 42.5 Å². The molecule has 27 heavy (non-hydrogen) atoms. The summed E-state index contributed by atoms with van der Waals surface area (Å²) in [5, 5.41) is 32.7. The van der Waals surface area contributed by atoms with E-state index in [0.29, 0.717) is 0 Å². The van der Waals surface area contributed by atoms with Crippen LogP contribution in [0, 0.1) is 0 Å². The van der Waals surface area contributed by atoms with E-state index in [-0.39, 0.29) is 36.0 Å². The van der Waals surface area contributed by atoms with E-state index < -0.39 is 18.3 Å². The summed E-state index contributed by atoms with van der Waals surface area (Å²) < 4.78 is 15.1. The molecule has 0 saturated heterocycles. The van der Waals surface area contributed by atoms with Gasteiger partial charge in [-0.1, -0.05) is 30.3 Å². The van der Waals surface area contributed by atoms with Crippen LogP contribution in [-0.2, 0) is 11.3 Å². The molecule has 4 N–H and O–H groups in total. The van der Waals surface area contributed by atoms with Gasteiger partial charge in [-0.2, -0.15) is 0 Å². The molecule has 0 aromatic heterocycles. The Hall–Kier alpha value is -2.97. The third-order valence-corrected chi connectivity index (χ3v) is 3.88. The summed E-state index contributed by atoms with van der Waals surface area (Å²) in [6.45, 7) is -0.141. The standard InChI is InChI=1S/C19H23NO7/c1-25-15-8-13(9-16(26-2)18(15)23)17(22)14(21)10-20-19(24)27-11-12-6-4-3-5-7-12/h3-9,14,17,21-23H,10-11H2,1-2H3,(H,20,24). The number of hydrogen-bond donors (Lipinski definition) is 4. The Morgan fingerprint density at radius 3 is 2.22 bits per heavy atom. The molecule has 2 atom stereocenters. The molecule has 0 aliphatic heterocycles. The number of carbonyl (C=O) groups is 1. The summed E-state index contributed by atoms with van der Waals surface area (Å²) in [5.74, 6) is -0.0373. The Bertz CT molecular complexity index is 726. The molecule has 0 fully saturated rings. The number of phenolic OH excluding ortho intramolecular Hbond substituents is 1. The molecule has 146 valence electrons. The van der Waals surface area contributed by atoms with Gasteiger partial charge in [0.05, 0.1) is 14.2 Å². The molecule has 0 radical (unpaired) electrons. The molecule has 0 saturated carbocycles. The third kappa shape index (κ3) is 5.50. The van der Waals surface area contributed by atoms with Gasteiger partial charge in [-0.3, -0.25) is 0 Å². The first-order valence-electron chi connectivity index (χ1n) is 8.21. The summed E-state index contributed by atoms with van der Waals surface area (Å²) in [4.78, 5) is 11.7. The van der Waals surface area contributed by atoms with Crippen LogP contribution in [0.2, 0.25) is 0 Å². The first kappa shape index (κ1) is 20.3. The second-order valence-corrected chi connectivity index (χ2v) is 5.73. The lowest BCUT2D eigenvalue weighted by Gasteiger charge is -2.20. The highest BCUT2D eigenvalue weighted by Gasteiger charge is 2.23. The Balaban J connectivity index is 1.91. The molecule has 0 aliphatic rings. The lowest BCUT2D eigenvalue weighted by atomic mass is 10.0. The summed E-state index contributed by atoms with van der Waals surface area (Å²) in [7, 11) is 2.71. The van der Waals surface area contributed by atoms with Crippen LogP contribution >= 0.6 is 0 Å². The van der Waals surface area contributed by atoms with Gasteiger partial charge in [0.1, 0.15) is 18.8 Å². The minimum absolute atomic E-state index is 0.0887. The minimum atomic E-state index is -1.34. The Kier molecular flexibility index (Phi) is 7.27. The van der Waals surface area contributed by atoms with Crippen molar-refractivity contribution in [1.29, 1.82) is 0 Å². The van der Waals surface area contributed by atoms with E-state index >= 15 is 0 Å². The largest absolute Gasteiger partial charge is 0.502 e. The lowest BCUT2D eigenvalue weighted by Crippen LogP contribution is -2.35. The van der Waals surface area contributed by atoms with Crippen molar-refractivity contribution in [2.24, 2.45) is 0 Å². The third-order valence-electron chi connectivity index (χ3n) is 3.88. The maximum absolute atomic E-state index is 11.7. The summed E-state index contributed by atoms with van der Waals surface area (Å²) in [6.07, 6.45) is -3.37. The fourth-order valence-electron chi connectivity index (χ4n) is 2.38. The van der Waals surface area contributed by atoms with Gasteiger partial charge in [0.25, 0.3) is 0 Å². The molecule has 0 aliphatic carbocycles. The fraction of sp³-hybridized carbons (Fsp3) is 0.316. The SMILES string of the molecule is COc1cc(C(O)C(O)CNC(=O)OCc2ccccc2)cc(OC)c1O. The average molecular weight is 377 g/mol. The Morgan fingerprint density at radius 2 is 1.67 bits per heavy atom. The van der Waals surface area contributed by atoms with Gasteiger partial charge in [-0.15, -0.1) is 0 Å². The quantitative estimate of drug-likeness (QED) is 0.553. The topological polar surface area (TPSA) is 117 Å². The van der Waals surface area contributed by atoms with E-state index in [1.165, 1.54) is 26.4 Å². The smallest absolute Gasteiger partial charge is 0.407 e. The van der Waals surface area contributed by atoms with Gasteiger partial charge in [0.15, 0.2) is 11.5 Å². The number of alkyl carbamates (subject to hydrolysis) is 1. The predicted molar refractivity (Wildman–Crippen MR) is 96.8 cm³/mol. The van der Waals surface area contributed by atoms with E-state index in [2.05, 4.69) is 5.32 Å². The number of ether oxygens (including phenoxy) is 3. The van der Waals surface area contributed by atoms with Gasteiger partial charge < -0.3 is 34.8 Å². The number of aliphatic hydroxyl groups is 2. The van der Waals surface area contributed by atoms with Crippen LogP contribution < -0.4 is 14.8 Å². The van der Waals surface area contributed by atoms with E-state index in [1.54, 1.807) is 0 Å². The molecule has 8 heteroatoms. The van der Waals surface area contributed by atoms with Crippen molar-refractivity contribution < 1.29 is 34.3 Å². The molecule has 0 heterocycles. The first-order chi connectivity index (χ1) is 13.0. The van der Waals surface area contributed by atoms with Gasteiger partial charge in [0.2, 0.25) is 5.75 Å². The summed E-state index contributed by atoms with van der Waals surface area (Å²) in [6, 6.07) is 11.9. The zero-order chi connectivity index (χ0) is 19.8.